The fourth-order valence-electron chi connectivity index (χ4n) is 4.38. The molecule has 1 aliphatic heterocycles. The van der Waals surface area contributed by atoms with Gasteiger partial charge in [-0.15, -0.1) is 0 Å². The van der Waals surface area contributed by atoms with Crippen LogP contribution in [0.4, 0.5) is 4.39 Å². The Kier molecular flexibility index (Phi) is 6.33. The zero-order valence-electron chi connectivity index (χ0n) is 18.7. The van der Waals surface area contributed by atoms with Gasteiger partial charge in [-0.1, -0.05) is 30.3 Å². The molecule has 1 saturated heterocycles. The average molecular weight is 457 g/mol. The molecule has 3 heterocycles. The Hall–Kier alpha value is -4.00. The van der Waals surface area contributed by atoms with E-state index in [1.54, 1.807) is 30.7 Å². The summed E-state index contributed by atoms with van der Waals surface area (Å²) >= 11 is 0. The smallest absolute Gasteiger partial charge is 0.254 e. The summed E-state index contributed by atoms with van der Waals surface area (Å²) in [6, 6.07) is 19.3. The third-order valence-electron chi connectivity index (χ3n) is 6.05. The van der Waals surface area contributed by atoms with Gasteiger partial charge in [-0.3, -0.25) is 4.79 Å². The zero-order valence-corrected chi connectivity index (χ0v) is 18.7. The lowest BCUT2D eigenvalue weighted by Gasteiger charge is -2.33. The lowest BCUT2D eigenvalue weighted by Crippen LogP contribution is -2.39. The van der Waals surface area contributed by atoms with Gasteiger partial charge in [0.25, 0.3) is 5.91 Å². The normalized spacial score (nSPS) is 15.8. The molecule has 6 nitrogen and oxygen atoms in total. The number of hydrogen-bond acceptors (Lipinski definition) is 4. The van der Waals surface area contributed by atoms with Crippen LogP contribution in [0, 0.1) is 5.82 Å². The van der Waals surface area contributed by atoms with E-state index in [4.69, 9.17) is 4.74 Å². The van der Waals surface area contributed by atoms with Gasteiger partial charge in [0, 0.05) is 61.3 Å². The predicted molar refractivity (Wildman–Crippen MR) is 126 cm³/mol. The van der Waals surface area contributed by atoms with Gasteiger partial charge in [0.1, 0.15) is 11.6 Å². The molecule has 0 spiro atoms. The van der Waals surface area contributed by atoms with Crippen molar-refractivity contribution in [3.63, 3.8) is 0 Å². The number of imidazole rings is 1. The lowest BCUT2D eigenvalue weighted by molar-refractivity contribution is 0.0704. The van der Waals surface area contributed by atoms with Crippen molar-refractivity contribution in [2.45, 2.75) is 25.3 Å². The first-order valence-electron chi connectivity index (χ1n) is 11.4. The van der Waals surface area contributed by atoms with Crippen LogP contribution in [0.2, 0.25) is 0 Å². The second kappa shape index (κ2) is 9.87. The van der Waals surface area contributed by atoms with E-state index in [9.17, 15) is 9.18 Å². The Morgan fingerprint density at radius 2 is 1.97 bits per heavy atom. The van der Waals surface area contributed by atoms with E-state index < -0.39 is 0 Å². The molecule has 34 heavy (non-hydrogen) atoms. The first-order chi connectivity index (χ1) is 16.7. The molecule has 1 amide bonds. The Morgan fingerprint density at radius 1 is 1.09 bits per heavy atom. The quantitative estimate of drug-likeness (QED) is 0.396. The minimum absolute atomic E-state index is 0.0348. The molecule has 1 fully saturated rings. The number of hydrogen-bond donors (Lipinski definition) is 0. The molecule has 0 radical (unpaired) electrons. The Labute approximate surface area is 197 Å². The standard InChI is InChI=1S/C27H25FN4O2/c28-22-8-3-9-23(16-22)34-26-12-4-11-25(30-26)21-7-5-14-32(18-21)27(33)24-10-2-1-6-20(24)17-31-15-13-29-19-31/h1-4,6,8-13,15-16,19,21H,5,7,14,17-18H2. The number of ether oxygens (including phenoxy) is 1. The van der Waals surface area contributed by atoms with E-state index in [0.29, 0.717) is 36.8 Å². The fourth-order valence-corrected chi connectivity index (χ4v) is 4.38. The molecule has 2 aromatic carbocycles. The van der Waals surface area contributed by atoms with Gasteiger partial charge >= 0.3 is 0 Å². The van der Waals surface area contributed by atoms with Gasteiger partial charge in [0.2, 0.25) is 5.88 Å². The van der Waals surface area contributed by atoms with Crippen molar-refractivity contribution in [3.05, 3.63) is 108 Å². The van der Waals surface area contributed by atoms with E-state index in [2.05, 4.69) is 9.97 Å². The Bertz CT molecular complexity index is 1280. The van der Waals surface area contributed by atoms with Crippen molar-refractivity contribution in [1.82, 2.24) is 19.4 Å². The van der Waals surface area contributed by atoms with Crippen LogP contribution in [0.1, 0.15) is 40.4 Å². The molecule has 0 N–H and O–H groups in total. The van der Waals surface area contributed by atoms with E-state index >= 15 is 0 Å². The van der Waals surface area contributed by atoms with Crippen LogP contribution in [0.3, 0.4) is 0 Å². The highest BCUT2D eigenvalue weighted by Crippen LogP contribution is 2.29. The zero-order chi connectivity index (χ0) is 23.3. The molecule has 4 aromatic rings. The highest BCUT2D eigenvalue weighted by Gasteiger charge is 2.27. The van der Waals surface area contributed by atoms with Gasteiger partial charge < -0.3 is 14.2 Å². The van der Waals surface area contributed by atoms with Gasteiger partial charge in [0.05, 0.1) is 6.33 Å². The van der Waals surface area contributed by atoms with Crippen LogP contribution in [-0.2, 0) is 6.54 Å². The molecule has 0 aliphatic carbocycles. The number of aromatic nitrogens is 3. The first kappa shape index (κ1) is 21.8. The van der Waals surface area contributed by atoms with Crippen molar-refractivity contribution in [1.29, 1.82) is 0 Å². The number of benzene rings is 2. The van der Waals surface area contributed by atoms with Crippen molar-refractivity contribution in [3.8, 4) is 11.6 Å². The molecule has 1 atom stereocenters. The number of pyridine rings is 1. The number of piperidine rings is 1. The maximum atomic E-state index is 13.5. The molecule has 7 heteroatoms. The van der Waals surface area contributed by atoms with E-state index in [0.717, 1.165) is 24.1 Å². The summed E-state index contributed by atoms with van der Waals surface area (Å²) in [5.41, 5.74) is 2.56. The number of carbonyl (C=O) groups is 1. The van der Waals surface area contributed by atoms with Crippen molar-refractivity contribution in [2.24, 2.45) is 0 Å². The second-order valence-electron chi connectivity index (χ2n) is 8.44. The van der Waals surface area contributed by atoms with Crippen molar-refractivity contribution >= 4 is 5.91 Å². The fraction of sp³-hybridized carbons (Fsp3) is 0.222. The molecule has 5 rings (SSSR count). The van der Waals surface area contributed by atoms with Crippen LogP contribution in [0.15, 0.2) is 85.5 Å². The van der Waals surface area contributed by atoms with E-state index in [-0.39, 0.29) is 17.6 Å². The summed E-state index contributed by atoms with van der Waals surface area (Å²) in [5.74, 6) is 0.599. The van der Waals surface area contributed by atoms with Gasteiger partial charge in [-0.25, -0.2) is 14.4 Å². The van der Waals surface area contributed by atoms with Crippen molar-refractivity contribution < 1.29 is 13.9 Å². The molecule has 1 aliphatic rings. The highest BCUT2D eigenvalue weighted by atomic mass is 19.1. The van der Waals surface area contributed by atoms with Crippen LogP contribution >= 0.6 is 0 Å². The minimum atomic E-state index is -0.358. The Balaban J connectivity index is 1.31. The summed E-state index contributed by atoms with van der Waals surface area (Å²) in [4.78, 5) is 24.2. The molecule has 0 saturated carbocycles. The number of nitrogens with zero attached hydrogens (tertiary/aromatic N) is 4. The number of amides is 1. The molecular formula is C27H25FN4O2. The van der Waals surface area contributed by atoms with Gasteiger partial charge in [0.15, 0.2) is 0 Å². The maximum Gasteiger partial charge on any atom is 0.254 e. The minimum Gasteiger partial charge on any atom is -0.439 e. The highest BCUT2D eigenvalue weighted by molar-refractivity contribution is 5.95. The van der Waals surface area contributed by atoms with E-state index in [1.807, 2.05) is 52.1 Å². The van der Waals surface area contributed by atoms with Gasteiger partial charge in [-0.05, 0) is 42.7 Å². The summed E-state index contributed by atoms with van der Waals surface area (Å²) in [7, 11) is 0. The number of carbonyl (C=O) groups excluding carboxylic acids is 1. The van der Waals surface area contributed by atoms with Crippen molar-refractivity contribution in [2.75, 3.05) is 13.1 Å². The number of halogens is 1. The maximum absolute atomic E-state index is 13.5. The Morgan fingerprint density at radius 3 is 2.82 bits per heavy atom. The monoisotopic (exact) mass is 456 g/mol. The molecule has 1 unspecified atom stereocenters. The lowest BCUT2D eigenvalue weighted by atomic mass is 9.93. The van der Waals surface area contributed by atoms with Crippen LogP contribution in [0.25, 0.3) is 0 Å². The van der Waals surface area contributed by atoms with Crippen LogP contribution in [-0.4, -0.2) is 38.4 Å². The molecule has 2 aromatic heterocycles. The molecule has 172 valence electrons. The van der Waals surface area contributed by atoms with Crippen LogP contribution in [0.5, 0.6) is 11.6 Å². The van der Waals surface area contributed by atoms with Crippen LogP contribution < -0.4 is 4.74 Å². The third kappa shape index (κ3) is 4.98. The summed E-state index contributed by atoms with van der Waals surface area (Å²) < 4.78 is 21.2. The number of likely N-dealkylation sites (tertiary alicyclic amines) is 1. The average Bonchev–Trinajstić information content (AvgIpc) is 3.37. The van der Waals surface area contributed by atoms with E-state index in [1.165, 1.54) is 12.1 Å². The molecular weight excluding hydrogens is 431 g/mol. The number of rotatable bonds is 6. The summed E-state index contributed by atoms with van der Waals surface area (Å²) in [6.45, 7) is 1.91. The third-order valence-corrected chi connectivity index (χ3v) is 6.05. The largest absolute Gasteiger partial charge is 0.439 e. The topological polar surface area (TPSA) is 60.2 Å². The second-order valence-corrected chi connectivity index (χ2v) is 8.44. The summed E-state index contributed by atoms with van der Waals surface area (Å²) in [6.07, 6.45) is 7.22. The first-order valence-corrected chi connectivity index (χ1v) is 11.4. The molecule has 0 bridgehead atoms. The SMILES string of the molecule is O=C(c1ccccc1Cn1ccnc1)N1CCCC(c2cccc(Oc3cccc(F)c3)n2)C1. The van der Waals surface area contributed by atoms with Gasteiger partial charge in [-0.2, -0.15) is 0 Å². The summed E-state index contributed by atoms with van der Waals surface area (Å²) in [5, 5.41) is 0. The predicted octanol–water partition coefficient (Wildman–Crippen LogP) is 5.28.